The van der Waals surface area contributed by atoms with Crippen LogP contribution >= 0.6 is 0 Å². The molecule has 0 spiro atoms. The second-order valence-electron chi connectivity index (χ2n) is 23.6. The van der Waals surface area contributed by atoms with E-state index in [0.29, 0.717) is 38.9 Å². The third kappa shape index (κ3) is 23.7. The number of hydrogen-bond acceptors (Lipinski definition) is 13. The van der Waals surface area contributed by atoms with Crippen LogP contribution in [0.15, 0.2) is 0 Å². The van der Waals surface area contributed by atoms with E-state index in [1.54, 1.807) is 53.4 Å². The molecule has 1 fully saturated rings. The quantitative estimate of drug-likeness (QED) is 0.0404. The van der Waals surface area contributed by atoms with Crippen LogP contribution in [0.1, 0.15) is 181 Å². The molecule has 0 aromatic carbocycles. The first kappa shape index (κ1) is 69.8. The van der Waals surface area contributed by atoms with Crippen molar-refractivity contribution in [1.29, 1.82) is 0 Å². The van der Waals surface area contributed by atoms with Gasteiger partial charge in [0.2, 0.25) is 53.2 Å². The number of nitrogens with one attached hydrogen (secondary N) is 9. The van der Waals surface area contributed by atoms with Gasteiger partial charge in [-0.05, 0) is 105 Å². The van der Waals surface area contributed by atoms with Gasteiger partial charge >= 0.3 is 0 Å². The molecule has 9 unspecified atom stereocenters. The van der Waals surface area contributed by atoms with Crippen molar-refractivity contribution in [3.63, 3.8) is 0 Å². The Morgan fingerprint density at radius 1 is 0.623 bits per heavy atom. The van der Waals surface area contributed by atoms with Gasteiger partial charge in [-0.15, -0.1) is 0 Å². The molecule has 22 nitrogen and oxygen atoms in total. The van der Waals surface area contributed by atoms with E-state index in [1.807, 2.05) is 6.92 Å². The number of aliphatic hydroxyl groups is 2. The normalized spacial score (nSPS) is 17.1. The van der Waals surface area contributed by atoms with Crippen molar-refractivity contribution in [1.82, 2.24) is 52.8 Å². The number of aliphatic hydroxyl groups excluding tert-OH is 2. The number of ketones is 1. The minimum absolute atomic E-state index is 0.0290. The van der Waals surface area contributed by atoms with Crippen LogP contribution in [0.3, 0.4) is 0 Å². The Balaban J connectivity index is 3.19. The maximum Gasteiger partial charge on any atom is 0.246 e. The topological polar surface area (TPSA) is 323 Å². The molecule has 0 bridgehead atoms. The summed E-state index contributed by atoms with van der Waals surface area (Å²) in [7, 11) is 0. The number of rotatable bonds is 35. The maximum atomic E-state index is 14.1. The summed E-state index contributed by atoms with van der Waals surface area (Å²) in [5.41, 5.74) is -4.63. The van der Waals surface area contributed by atoms with E-state index in [4.69, 9.17) is 5.11 Å². The van der Waals surface area contributed by atoms with Crippen molar-refractivity contribution >= 4 is 58.9 Å². The predicted octanol–water partition coefficient (Wildman–Crippen LogP) is 1.77. The first-order valence-electron chi connectivity index (χ1n) is 28.0. The first-order chi connectivity index (χ1) is 35.6. The summed E-state index contributed by atoms with van der Waals surface area (Å²) in [6.07, 6.45) is 5.15. The highest BCUT2D eigenvalue weighted by atomic mass is 16.3. The van der Waals surface area contributed by atoms with Gasteiger partial charge in [-0.2, -0.15) is 0 Å². The highest BCUT2D eigenvalue weighted by Gasteiger charge is 2.42. The highest BCUT2D eigenvalue weighted by Crippen LogP contribution is 2.24. The van der Waals surface area contributed by atoms with Crippen LogP contribution in [-0.2, 0) is 47.9 Å². The van der Waals surface area contributed by atoms with E-state index in [0.717, 1.165) is 25.7 Å². The smallest absolute Gasteiger partial charge is 0.246 e. The van der Waals surface area contributed by atoms with Crippen LogP contribution in [0, 0.1) is 23.7 Å². The average molecular weight is 1090 g/mol. The SMILES string of the molecule is CCCCCCC(C)C(=O)N1CCCC1C(=O)NC(CC(C)CC(O)CC(=O)CC)C(=O)NC(C)C(=O)NC(C)(C)C(=O)NC(C(=O)NC(C(=O)NC(C)(C)C(=O)NC(C)(C)C(=O)NC(C)CNCCO)C(C)C)C(C)C. The summed E-state index contributed by atoms with van der Waals surface area (Å²) in [6.45, 7) is 27.1. The second kappa shape index (κ2) is 32.6. The molecule has 0 aromatic heterocycles. The number of carbonyl (C=O) groups is 10. The van der Waals surface area contributed by atoms with Gasteiger partial charge in [-0.1, -0.05) is 81.1 Å². The Hall–Kier alpha value is -5.22. The summed E-state index contributed by atoms with van der Waals surface area (Å²) in [4.78, 5) is 137. The molecule has 0 aliphatic carbocycles. The summed E-state index contributed by atoms with van der Waals surface area (Å²) < 4.78 is 0. The minimum atomic E-state index is -1.67. The van der Waals surface area contributed by atoms with Gasteiger partial charge in [-0.25, -0.2) is 0 Å². The maximum absolute atomic E-state index is 14.1. The Bertz CT molecular complexity index is 1990. The number of hydrogen-bond donors (Lipinski definition) is 11. The zero-order chi connectivity index (χ0) is 59.2. The second-order valence-corrected chi connectivity index (χ2v) is 23.6. The van der Waals surface area contributed by atoms with Gasteiger partial charge in [0.1, 0.15) is 52.6 Å². The fourth-order valence-corrected chi connectivity index (χ4v) is 8.82. The van der Waals surface area contributed by atoms with Crippen molar-refractivity contribution < 1.29 is 58.2 Å². The number of likely N-dealkylation sites (tertiary alicyclic amines) is 1. The molecule has 9 amide bonds. The zero-order valence-corrected chi connectivity index (χ0v) is 49.4. The molecular weight excluding hydrogens is 993 g/mol. The van der Waals surface area contributed by atoms with Crippen LogP contribution in [0.5, 0.6) is 0 Å². The lowest BCUT2D eigenvalue weighted by atomic mass is 9.92. The van der Waals surface area contributed by atoms with Crippen molar-refractivity contribution in [2.45, 2.75) is 240 Å². The minimum Gasteiger partial charge on any atom is -0.395 e. The van der Waals surface area contributed by atoms with Gasteiger partial charge in [0, 0.05) is 44.4 Å². The fraction of sp³-hybridized carbons (Fsp3) is 0.818. The zero-order valence-electron chi connectivity index (χ0n) is 49.4. The molecule has 1 aliphatic rings. The summed E-state index contributed by atoms with van der Waals surface area (Å²) in [6, 6.07) is -6.00. The molecule has 22 heteroatoms. The number of nitrogens with zero attached hydrogens (tertiary/aromatic N) is 1. The Morgan fingerprint density at radius 2 is 1.18 bits per heavy atom. The molecule has 9 atom stereocenters. The molecule has 11 N–H and O–H groups in total. The van der Waals surface area contributed by atoms with Crippen molar-refractivity contribution in [2.75, 3.05) is 26.2 Å². The third-order valence-electron chi connectivity index (χ3n) is 13.9. The predicted molar refractivity (Wildman–Crippen MR) is 294 cm³/mol. The van der Waals surface area contributed by atoms with E-state index < -0.39 is 112 Å². The van der Waals surface area contributed by atoms with E-state index in [-0.39, 0.29) is 61.9 Å². The van der Waals surface area contributed by atoms with E-state index >= 15 is 0 Å². The molecule has 1 rings (SSSR count). The van der Waals surface area contributed by atoms with E-state index in [9.17, 15) is 53.1 Å². The molecule has 442 valence electrons. The van der Waals surface area contributed by atoms with Gasteiger partial charge < -0.3 is 63.0 Å². The van der Waals surface area contributed by atoms with Crippen molar-refractivity contribution in [2.24, 2.45) is 23.7 Å². The van der Waals surface area contributed by atoms with Gasteiger partial charge in [0.25, 0.3) is 0 Å². The highest BCUT2D eigenvalue weighted by molar-refractivity contribution is 6.00. The molecule has 0 radical (unpaired) electrons. The summed E-state index contributed by atoms with van der Waals surface area (Å²) in [5.74, 6) is -7.31. The monoisotopic (exact) mass is 1090 g/mol. The summed E-state index contributed by atoms with van der Waals surface area (Å²) in [5, 5.41) is 44.3. The first-order valence-corrected chi connectivity index (χ1v) is 28.0. The Kier molecular flexibility index (Phi) is 29.6. The number of Topliss-reactive ketones (excluding diaryl/α,β-unsaturated/α-hetero) is 1. The molecule has 77 heavy (non-hydrogen) atoms. The van der Waals surface area contributed by atoms with Crippen molar-refractivity contribution in [3.8, 4) is 0 Å². The molecule has 0 aromatic rings. The lowest BCUT2D eigenvalue weighted by Gasteiger charge is -2.34. The van der Waals surface area contributed by atoms with Crippen LogP contribution < -0.4 is 47.9 Å². The van der Waals surface area contributed by atoms with Crippen LogP contribution in [-0.4, -0.2) is 159 Å². The number of carbonyl (C=O) groups excluding carboxylic acids is 10. The van der Waals surface area contributed by atoms with Gasteiger partial charge in [0.15, 0.2) is 0 Å². The van der Waals surface area contributed by atoms with Gasteiger partial charge in [0.05, 0.1) is 12.7 Å². The third-order valence-corrected chi connectivity index (χ3v) is 13.9. The Morgan fingerprint density at radius 3 is 1.75 bits per heavy atom. The number of amides is 9. The molecule has 1 saturated heterocycles. The molecule has 0 saturated carbocycles. The van der Waals surface area contributed by atoms with Crippen LogP contribution in [0.2, 0.25) is 0 Å². The lowest BCUT2D eigenvalue weighted by Crippen LogP contribution is -2.66. The average Bonchev–Trinajstić information content (AvgIpc) is 3.82. The van der Waals surface area contributed by atoms with E-state index in [2.05, 4.69) is 54.8 Å². The van der Waals surface area contributed by atoms with E-state index in [1.165, 1.54) is 48.5 Å². The van der Waals surface area contributed by atoms with Crippen LogP contribution in [0.25, 0.3) is 0 Å². The molecule has 1 heterocycles. The lowest BCUT2D eigenvalue weighted by molar-refractivity contribution is -0.142. The van der Waals surface area contributed by atoms with Crippen molar-refractivity contribution in [3.05, 3.63) is 0 Å². The number of unbranched alkanes of at least 4 members (excludes halogenated alkanes) is 3. The fourth-order valence-electron chi connectivity index (χ4n) is 8.82. The Labute approximate surface area is 458 Å². The summed E-state index contributed by atoms with van der Waals surface area (Å²) >= 11 is 0. The largest absolute Gasteiger partial charge is 0.395 e. The van der Waals surface area contributed by atoms with Gasteiger partial charge in [-0.3, -0.25) is 47.9 Å². The molecule has 1 aliphatic heterocycles. The standard InChI is InChI=1S/C55H100N10O12/c1-17-19-20-21-23-35(8)49(74)65-26-22-24-41(65)46(71)59-40(29-34(7)28-39(68)30-38(67)18-2)45(70)58-37(10)44(69)62-53(11,12)51(76)61-42(32(3)4)47(72)60-43(33(5)6)48(73)63-55(15,16)52(77)64-54(13,14)50(75)57-36(9)31-56-25-27-66/h32-37,39-43,56,66,68H,17-31H2,1-16H3,(H,57,75)(H,58,70)(H,59,71)(H,60,72)(H,61,76)(H,62,69)(H,63,73)(H,64,77). The molecular formula is C55H100N10O12. The van der Waals surface area contributed by atoms with Crippen LogP contribution in [0.4, 0.5) is 0 Å².